The molecule has 0 aliphatic carbocycles. The van der Waals surface area contributed by atoms with Crippen LogP contribution in [-0.2, 0) is 0 Å². The molecule has 1 aromatic heterocycles. The quantitative estimate of drug-likeness (QED) is 0.933. The van der Waals surface area contributed by atoms with Gasteiger partial charge in [-0.2, -0.15) is 0 Å². The number of rotatable bonds is 4. The van der Waals surface area contributed by atoms with Crippen LogP contribution in [0.15, 0.2) is 41.1 Å². The Balaban J connectivity index is 2.23. The van der Waals surface area contributed by atoms with Crippen molar-refractivity contribution in [2.75, 3.05) is 11.9 Å². The molecular formula is C13H14BrN3. The van der Waals surface area contributed by atoms with E-state index in [4.69, 9.17) is 0 Å². The van der Waals surface area contributed by atoms with E-state index in [1.54, 1.807) is 12.4 Å². The molecule has 17 heavy (non-hydrogen) atoms. The lowest BCUT2D eigenvalue weighted by Gasteiger charge is -2.05. The van der Waals surface area contributed by atoms with E-state index in [1.165, 1.54) is 0 Å². The van der Waals surface area contributed by atoms with E-state index in [-0.39, 0.29) is 0 Å². The molecule has 0 aliphatic heterocycles. The van der Waals surface area contributed by atoms with Gasteiger partial charge in [0.15, 0.2) is 0 Å². The normalized spacial score (nSPS) is 10.2. The van der Waals surface area contributed by atoms with E-state index in [0.29, 0.717) is 0 Å². The lowest BCUT2D eigenvalue weighted by atomic mass is 10.2. The SMILES string of the molecule is CCCNc1cncc(-c2ccc(Br)cc2)n1. The van der Waals surface area contributed by atoms with Gasteiger partial charge in [-0.3, -0.25) is 4.98 Å². The summed E-state index contributed by atoms with van der Waals surface area (Å²) in [5.41, 5.74) is 1.96. The molecule has 1 aromatic carbocycles. The van der Waals surface area contributed by atoms with Crippen molar-refractivity contribution in [3.63, 3.8) is 0 Å². The number of anilines is 1. The standard InChI is InChI=1S/C13H14BrN3/c1-2-7-16-13-9-15-8-12(17-13)10-3-5-11(14)6-4-10/h3-6,8-9H,2,7H2,1H3,(H,16,17). The molecule has 0 spiro atoms. The fraction of sp³-hybridized carbons (Fsp3) is 0.231. The summed E-state index contributed by atoms with van der Waals surface area (Å²) in [6.45, 7) is 3.04. The van der Waals surface area contributed by atoms with Crippen LogP contribution < -0.4 is 5.32 Å². The number of hydrogen-bond donors (Lipinski definition) is 1. The van der Waals surface area contributed by atoms with Crippen LogP contribution in [0.4, 0.5) is 5.82 Å². The zero-order valence-corrected chi connectivity index (χ0v) is 11.2. The third-order valence-electron chi connectivity index (χ3n) is 2.33. The van der Waals surface area contributed by atoms with Crippen molar-refractivity contribution in [3.8, 4) is 11.3 Å². The van der Waals surface area contributed by atoms with Gasteiger partial charge in [-0.25, -0.2) is 4.98 Å². The van der Waals surface area contributed by atoms with Crippen molar-refractivity contribution in [2.24, 2.45) is 0 Å². The maximum Gasteiger partial charge on any atom is 0.145 e. The highest BCUT2D eigenvalue weighted by atomic mass is 79.9. The average Bonchev–Trinajstić information content (AvgIpc) is 2.37. The van der Waals surface area contributed by atoms with Gasteiger partial charge in [-0.15, -0.1) is 0 Å². The summed E-state index contributed by atoms with van der Waals surface area (Å²) >= 11 is 3.42. The van der Waals surface area contributed by atoms with Gasteiger partial charge in [0.25, 0.3) is 0 Å². The summed E-state index contributed by atoms with van der Waals surface area (Å²) in [5, 5.41) is 3.23. The Kier molecular flexibility index (Phi) is 4.09. The van der Waals surface area contributed by atoms with E-state index >= 15 is 0 Å². The van der Waals surface area contributed by atoms with Gasteiger partial charge in [-0.1, -0.05) is 35.0 Å². The highest BCUT2D eigenvalue weighted by Gasteiger charge is 2.01. The summed E-state index contributed by atoms with van der Waals surface area (Å²) in [7, 11) is 0. The number of hydrogen-bond acceptors (Lipinski definition) is 3. The zero-order valence-electron chi connectivity index (χ0n) is 9.65. The van der Waals surface area contributed by atoms with Gasteiger partial charge in [0, 0.05) is 16.6 Å². The molecule has 1 heterocycles. The number of benzene rings is 1. The third-order valence-corrected chi connectivity index (χ3v) is 2.86. The lowest BCUT2D eigenvalue weighted by Crippen LogP contribution is -2.02. The average molecular weight is 292 g/mol. The molecule has 2 rings (SSSR count). The van der Waals surface area contributed by atoms with E-state index in [1.807, 2.05) is 24.3 Å². The Labute approximate surface area is 109 Å². The van der Waals surface area contributed by atoms with Crippen LogP contribution in [0, 0.1) is 0 Å². The first kappa shape index (κ1) is 12.0. The molecule has 0 unspecified atom stereocenters. The second kappa shape index (κ2) is 5.77. The molecule has 0 bridgehead atoms. The molecule has 88 valence electrons. The van der Waals surface area contributed by atoms with E-state index in [2.05, 4.69) is 38.1 Å². The van der Waals surface area contributed by atoms with Crippen molar-refractivity contribution in [3.05, 3.63) is 41.1 Å². The largest absolute Gasteiger partial charge is 0.369 e. The Morgan fingerprint density at radius 3 is 2.65 bits per heavy atom. The monoisotopic (exact) mass is 291 g/mol. The fourth-order valence-electron chi connectivity index (χ4n) is 1.46. The number of aromatic nitrogens is 2. The molecule has 0 saturated carbocycles. The van der Waals surface area contributed by atoms with Gasteiger partial charge in [-0.05, 0) is 18.6 Å². The Bertz CT molecular complexity index is 482. The van der Waals surface area contributed by atoms with Gasteiger partial charge < -0.3 is 5.32 Å². The first-order valence-electron chi connectivity index (χ1n) is 5.61. The van der Waals surface area contributed by atoms with E-state index < -0.39 is 0 Å². The highest BCUT2D eigenvalue weighted by Crippen LogP contribution is 2.20. The first-order chi connectivity index (χ1) is 8.29. The molecule has 1 N–H and O–H groups in total. The maximum absolute atomic E-state index is 4.52. The van der Waals surface area contributed by atoms with Crippen molar-refractivity contribution in [2.45, 2.75) is 13.3 Å². The van der Waals surface area contributed by atoms with Gasteiger partial charge in [0.1, 0.15) is 5.82 Å². The molecule has 3 nitrogen and oxygen atoms in total. The summed E-state index contributed by atoms with van der Waals surface area (Å²) in [6, 6.07) is 8.06. The fourth-order valence-corrected chi connectivity index (χ4v) is 1.73. The Morgan fingerprint density at radius 1 is 1.18 bits per heavy atom. The minimum absolute atomic E-state index is 0.826. The Morgan fingerprint density at radius 2 is 1.94 bits per heavy atom. The molecule has 0 aliphatic rings. The maximum atomic E-state index is 4.52. The second-order valence-corrected chi connectivity index (χ2v) is 4.64. The summed E-state index contributed by atoms with van der Waals surface area (Å²) in [4.78, 5) is 8.72. The van der Waals surface area contributed by atoms with Crippen molar-refractivity contribution < 1.29 is 0 Å². The third kappa shape index (κ3) is 3.27. The van der Waals surface area contributed by atoms with Crippen LogP contribution in [0.25, 0.3) is 11.3 Å². The predicted molar refractivity (Wildman–Crippen MR) is 73.9 cm³/mol. The molecular weight excluding hydrogens is 278 g/mol. The first-order valence-corrected chi connectivity index (χ1v) is 6.40. The van der Waals surface area contributed by atoms with E-state index in [9.17, 15) is 0 Å². The molecule has 0 amide bonds. The molecule has 0 atom stereocenters. The van der Waals surface area contributed by atoms with Crippen molar-refractivity contribution >= 4 is 21.7 Å². The highest BCUT2D eigenvalue weighted by molar-refractivity contribution is 9.10. The van der Waals surface area contributed by atoms with Gasteiger partial charge in [0.05, 0.1) is 18.1 Å². The van der Waals surface area contributed by atoms with Crippen LogP contribution in [0.5, 0.6) is 0 Å². The van der Waals surface area contributed by atoms with Crippen LogP contribution in [0.2, 0.25) is 0 Å². The topological polar surface area (TPSA) is 37.8 Å². The van der Waals surface area contributed by atoms with Crippen molar-refractivity contribution in [1.29, 1.82) is 0 Å². The van der Waals surface area contributed by atoms with Crippen LogP contribution in [0.1, 0.15) is 13.3 Å². The molecule has 2 aromatic rings. The summed E-state index contributed by atoms with van der Waals surface area (Å²) in [6.07, 6.45) is 4.60. The summed E-state index contributed by atoms with van der Waals surface area (Å²) < 4.78 is 1.06. The predicted octanol–water partition coefficient (Wildman–Crippen LogP) is 3.73. The van der Waals surface area contributed by atoms with Crippen LogP contribution in [0.3, 0.4) is 0 Å². The van der Waals surface area contributed by atoms with Crippen LogP contribution in [-0.4, -0.2) is 16.5 Å². The molecule has 0 radical (unpaired) electrons. The molecule has 0 saturated heterocycles. The Hall–Kier alpha value is -1.42. The second-order valence-electron chi connectivity index (χ2n) is 3.72. The summed E-state index contributed by atoms with van der Waals surface area (Å²) in [5.74, 6) is 0.826. The molecule has 0 fully saturated rings. The number of nitrogens with one attached hydrogen (secondary N) is 1. The van der Waals surface area contributed by atoms with E-state index in [0.717, 1.165) is 34.5 Å². The number of halogens is 1. The zero-order chi connectivity index (χ0) is 12.1. The smallest absolute Gasteiger partial charge is 0.145 e. The number of nitrogens with zero attached hydrogens (tertiary/aromatic N) is 2. The van der Waals surface area contributed by atoms with Gasteiger partial charge in [0.2, 0.25) is 0 Å². The van der Waals surface area contributed by atoms with Crippen LogP contribution >= 0.6 is 15.9 Å². The minimum atomic E-state index is 0.826. The van der Waals surface area contributed by atoms with Gasteiger partial charge >= 0.3 is 0 Å². The lowest BCUT2D eigenvalue weighted by molar-refractivity contribution is 0.965. The van der Waals surface area contributed by atoms with Crippen molar-refractivity contribution in [1.82, 2.24) is 9.97 Å². The molecule has 4 heteroatoms. The minimum Gasteiger partial charge on any atom is -0.369 e.